The molecule has 4 aromatic rings. The Hall–Kier alpha value is -4.38. The first-order valence-electron chi connectivity index (χ1n) is 16.9. The molecule has 2 aromatic carbocycles. The highest BCUT2D eigenvalue weighted by atomic mass is 28.3. The van der Waals surface area contributed by atoms with E-state index in [2.05, 4.69) is 76.6 Å². The lowest BCUT2D eigenvalue weighted by Crippen LogP contribution is -2.39. The molecule has 0 bridgehead atoms. The summed E-state index contributed by atoms with van der Waals surface area (Å²) in [5.74, 6) is 1.59. The molecule has 0 aliphatic carbocycles. The van der Waals surface area contributed by atoms with Gasteiger partial charge in [0.05, 0.1) is 43.9 Å². The molecule has 10 nitrogen and oxygen atoms in total. The topological polar surface area (TPSA) is 116 Å². The van der Waals surface area contributed by atoms with E-state index >= 15 is 0 Å². The molecular formula is C37H48N6O4Si. The van der Waals surface area contributed by atoms with E-state index in [-0.39, 0.29) is 24.3 Å². The second-order valence-corrected chi connectivity index (χ2v) is 20.9. The zero-order valence-corrected chi connectivity index (χ0v) is 30.4. The monoisotopic (exact) mass is 668 g/mol. The Bertz CT molecular complexity index is 1760. The van der Waals surface area contributed by atoms with Crippen LogP contribution in [0.2, 0.25) is 19.1 Å². The zero-order valence-electron chi connectivity index (χ0n) is 29.4. The lowest BCUT2D eigenvalue weighted by Gasteiger charge is -2.28. The van der Waals surface area contributed by atoms with E-state index in [4.69, 9.17) is 14.5 Å². The number of likely N-dealkylation sites (tertiary alicyclic amines) is 1. The van der Waals surface area contributed by atoms with Crippen LogP contribution in [0.3, 0.4) is 0 Å². The highest BCUT2D eigenvalue weighted by Crippen LogP contribution is 2.38. The van der Waals surface area contributed by atoms with Crippen molar-refractivity contribution in [3.63, 3.8) is 0 Å². The van der Waals surface area contributed by atoms with Gasteiger partial charge >= 0.3 is 12.2 Å². The Morgan fingerprint density at radius 3 is 1.62 bits per heavy atom. The Labute approximate surface area is 284 Å². The molecule has 2 amide bonds. The molecule has 0 spiro atoms. The van der Waals surface area contributed by atoms with Crippen LogP contribution in [0.5, 0.6) is 0 Å². The number of H-pyrrole nitrogens is 2. The van der Waals surface area contributed by atoms with Gasteiger partial charge in [-0.2, -0.15) is 0 Å². The van der Waals surface area contributed by atoms with E-state index in [1.807, 2.05) is 58.8 Å². The fourth-order valence-electron chi connectivity index (χ4n) is 6.61. The summed E-state index contributed by atoms with van der Waals surface area (Å²) in [5.41, 5.74) is 5.02. The number of imidazole rings is 2. The van der Waals surface area contributed by atoms with Crippen LogP contribution >= 0.6 is 0 Å². The van der Waals surface area contributed by atoms with E-state index in [0.717, 1.165) is 70.3 Å². The van der Waals surface area contributed by atoms with Crippen LogP contribution in [0, 0.1) is 0 Å². The summed E-state index contributed by atoms with van der Waals surface area (Å²) in [6.45, 7) is 16.6. The molecule has 0 unspecified atom stereocenters. The van der Waals surface area contributed by atoms with Gasteiger partial charge in [-0.05, 0) is 82.7 Å². The molecule has 2 aromatic heterocycles. The van der Waals surface area contributed by atoms with Crippen molar-refractivity contribution in [1.29, 1.82) is 0 Å². The SMILES string of the molecule is CC(C)(C)OC(=O)N1CCC[C@H]1c1ncc(-c2ccc(-c3ccc(-c4cnc([C@@H]5C[Si](C)(C)CN5C(=O)OC(C)(C)C)[nH]4)cc3)cc2)[nH]1. The molecule has 4 heterocycles. The molecular weight excluding hydrogens is 621 g/mol. The number of benzene rings is 2. The fraction of sp³-hybridized carbons (Fsp3) is 0.459. The lowest BCUT2D eigenvalue weighted by atomic mass is 10.0. The van der Waals surface area contributed by atoms with Gasteiger partial charge in [0.15, 0.2) is 0 Å². The van der Waals surface area contributed by atoms with Crippen molar-refractivity contribution in [2.45, 2.75) is 96.8 Å². The van der Waals surface area contributed by atoms with Gasteiger partial charge in [0.25, 0.3) is 0 Å². The van der Waals surface area contributed by atoms with E-state index in [1.54, 1.807) is 4.90 Å². The summed E-state index contributed by atoms with van der Waals surface area (Å²) in [6.07, 6.45) is 5.65. The normalized spacial score (nSPS) is 19.5. The summed E-state index contributed by atoms with van der Waals surface area (Å²) in [4.78, 5) is 45.8. The van der Waals surface area contributed by atoms with Gasteiger partial charge in [-0.15, -0.1) is 0 Å². The molecule has 0 saturated carbocycles. The van der Waals surface area contributed by atoms with Crippen LogP contribution in [0.15, 0.2) is 60.9 Å². The maximum atomic E-state index is 13.1. The maximum absolute atomic E-state index is 13.1. The summed E-state index contributed by atoms with van der Waals surface area (Å²) in [7, 11) is -1.61. The van der Waals surface area contributed by atoms with Crippen LogP contribution in [-0.4, -0.2) is 73.9 Å². The number of hydrogen-bond donors (Lipinski definition) is 2. The Kier molecular flexibility index (Phi) is 8.78. The Morgan fingerprint density at radius 2 is 1.15 bits per heavy atom. The largest absolute Gasteiger partial charge is 0.444 e. The smallest absolute Gasteiger partial charge is 0.410 e. The standard InChI is InChI=1S/C37H48N6O4Si/c1-36(2,3)46-34(44)42-19-9-10-30(42)32-38-20-28(40-32)26-15-11-24(12-16-26)25-13-17-27(18-14-25)29-21-39-33(41-29)31-22-48(7,8)23-43(31)35(45)47-37(4,5)6/h11-18,20-21,30-31H,9-10,19,22-23H2,1-8H3,(H,38,40)(H,39,41)/t30-,31-/m0/s1. The predicted molar refractivity (Wildman–Crippen MR) is 190 cm³/mol. The van der Waals surface area contributed by atoms with Crippen LogP contribution in [-0.2, 0) is 9.47 Å². The van der Waals surface area contributed by atoms with Gasteiger partial charge in [0.2, 0.25) is 0 Å². The first-order valence-corrected chi connectivity index (χ1v) is 20.3. The molecule has 2 aliphatic heterocycles. The number of carbonyl (C=O) groups excluding carboxylic acids is 2. The zero-order chi connectivity index (χ0) is 34.4. The van der Waals surface area contributed by atoms with Gasteiger partial charge in [-0.3, -0.25) is 4.90 Å². The van der Waals surface area contributed by atoms with E-state index in [0.29, 0.717) is 6.54 Å². The van der Waals surface area contributed by atoms with Gasteiger partial charge in [-0.25, -0.2) is 19.6 Å². The lowest BCUT2D eigenvalue weighted by molar-refractivity contribution is 0.0212. The van der Waals surface area contributed by atoms with Gasteiger partial charge < -0.3 is 24.3 Å². The van der Waals surface area contributed by atoms with Crippen molar-refractivity contribution in [2.24, 2.45) is 0 Å². The van der Waals surface area contributed by atoms with Gasteiger partial charge in [-0.1, -0.05) is 61.6 Å². The number of amides is 2. The molecule has 2 N–H and O–H groups in total. The number of nitrogens with one attached hydrogen (secondary N) is 2. The van der Waals surface area contributed by atoms with Gasteiger partial charge in [0, 0.05) is 12.7 Å². The average molecular weight is 669 g/mol. The minimum atomic E-state index is -1.61. The van der Waals surface area contributed by atoms with Crippen molar-refractivity contribution < 1.29 is 19.1 Å². The number of nitrogens with zero attached hydrogens (tertiary/aromatic N) is 4. The summed E-state index contributed by atoms with van der Waals surface area (Å²) >= 11 is 0. The highest BCUT2D eigenvalue weighted by molar-refractivity contribution is 6.78. The number of carbonyl (C=O) groups is 2. The van der Waals surface area contributed by atoms with Gasteiger partial charge in [0.1, 0.15) is 22.9 Å². The quantitative estimate of drug-likeness (QED) is 0.206. The first-order chi connectivity index (χ1) is 22.6. The Balaban J connectivity index is 1.13. The van der Waals surface area contributed by atoms with Crippen molar-refractivity contribution in [1.82, 2.24) is 29.7 Å². The molecule has 2 fully saturated rings. The molecule has 0 radical (unpaired) electrons. The second kappa shape index (κ2) is 12.6. The number of aromatic nitrogens is 4. The number of rotatable bonds is 5. The molecule has 2 atom stereocenters. The van der Waals surface area contributed by atoms with Crippen LogP contribution < -0.4 is 0 Å². The molecule has 2 saturated heterocycles. The molecule has 254 valence electrons. The number of ether oxygens (including phenoxy) is 2. The van der Waals surface area contributed by atoms with Crippen molar-refractivity contribution in [3.8, 4) is 33.6 Å². The number of aromatic amines is 2. The van der Waals surface area contributed by atoms with E-state index in [9.17, 15) is 9.59 Å². The first kappa shape index (κ1) is 33.5. The van der Waals surface area contributed by atoms with Crippen molar-refractivity contribution in [3.05, 3.63) is 72.6 Å². The molecule has 2 aliphatic rings. The van der Waals surface area contributed by atoms with Crippen molar-refractivity contribution >= 4 is 20.3 Å². The van der Waals surface area contributed by atoms with E-state index in [1.165, 1.54) is 0 Å². The van der Waals surface area contributed by atoms with Crippen LogP contribution in [0.25, 0.3) is 33.6 Å². The Morgan fingerprint density at radius 1 is 0.708 bits per heavy atom. The average Bonchev–Trinajstić information content (AvgIpc) is 3.81. The summed E-state index contributed by atoms with van der Waals surface area (Å²) in [5, 5.41) is 0. The second-order valence-electron chi connectivity index (χ2n) is 15.8. The molecule has 6 rings (SSSR count). The minimum absolute atomic E-state index is 0.110. The maximum Gasteiger partial charge on any atom is 0.410 e. The third-order valence-corrected chi connectivity index (χ3v) is 11.5. The predicted octanol–water partition coefficient (Wildman–Crippen LogP) is 8.75. The fourth-order valence-corrected chi connectivity index (χ4v) is 9.47. The van der Waals surface area contributed by atoms with E-state index < -0.39 is 19.3 Å². The third-order valence-electron chi connectivity index (χ3n) is 8.78. The molecule has 11 heteroatoms. The van der Waals surface area contributed by atoms with Crippen LogP contribution in [0.1, 0.15) is 78.1 Å². The summed E-state index contributed by atoms with van der Waals surface area (Å²) < 4.78 is 11.4. The highest BCUT2D eigenvalue weighted by Gasteiger charge is 2.45. The summed E-state index contributed by atoms with van der Waals surface area (Å²) in [6, 6.07) is 17.5. The minimum Gasteiger partial charge on any atom is -0.444 e. The molecule has 48 heavy (non-hydrogen) atoms. The van der Waals surface area contributed by atoms with Crippen molar-refractivity contribution in [2.75, 3.05) is 12.7 Å². The van der Waals surface area contributed by atoms with Crippen LogP contribution in [0.4, 0.5) is 9.59 Å². The number of hydrogen-bond acceptors (Lipinski definition) is 6. The third kappa shape index (κ3) is 7.51.